The lowest BCUT2D eigenvalue weighted by molar-refractivity contribution is -0.155. The van der Waals surface area contributed by atoms with Crippen molar-refractivity contribution < 1.29 is 27.5 Å². The number of hydrogen-bond donors (Lipinski definition) is 1. The first kappa shape index (κ1) is 18.3. The molecule has 0 aliphatic carbocycles. The summed E-state index contributed by atoms with van der Waals surface area (Å²) >= 11 is 0. The minimum atomic E-state index is -3.07. The number of hydrogen-bond acceptors (Lipinski definition) is 6. The molecule has 0 radical (unpaired) electrons. The second-order valence-electron chi connectivity index (χ2n) is 5.65. The molecule has 1 aliphatic rings. The molecule has 0 spiro atoms. The highest BCUT2D eigenvalue weighted by Gasteiger charge is 2.30. The number of carbonyl (C=O) groups is 2. The van der Waals surface area contributed by atoms with Gasteiger partial charge in [-0.15, -0.1) is 0 Å². The van der Waals surface area contributed by atoms with Crippen LogP contribution >= 0.6 is 0 Å². The van der Waals surface area contributed by atoms with Crippen molar-refractivity contribution in [3.8, 4) is 5.75 Å². The number of rotatable bonds is 7. The molecule has 0 saturated carbocycles. The summed E-state index contributed by atoms with van der Waals surface area (Å²) < 4.78 is 33.1. The zero-order chi connectivity index (χ0) is 17.6. The quantitative estimate of drug-likeness (QED) is 0.723. The molecule has 1 fully saturated rings. The van der Waals surface area contributed by atoms with E-state index in [0.29, 0.717) is 12.2 Å². The summed E-state index contributed by atoms with van der Waals surface area (Å²) in [5.74, 6) is -0.381. The van der Waals surface area contributed by atoms with Gasteiger partial charge >= 0.3 is 5.97 Å². The van der Waals surface area contributed by atoms with Gasteiger partial charge in [0.1, 0.15) is 5.75 Å². The predicted octanol–water partition coefficient (Wildman–Crippen LogP) is 0.691. The molecule has 2 atom stereocenters. The lowest BCUT2D eigenvalue weighted by Crippen LogP contribution is -2.42. The molecule has 1 heterocycles. The van der Waals surface area contributed by atoms with E-state index in [1.165, 1.54) is 6.92 Å². The van der Waals surface area contributed by atoms with E-state index in [2.05, 4.69) is 5.32 Å². The summed E-state index contributed by atoms with van der Waals surface area (Å²) in [4.78, 5) is 23.6. The highest BCUT2D eigenvalue weighted by molar-refractivity contribution is 7.91. The summed E-state index contributed by atoms with van der Waals surface area (Å²) in [6.07, 6.45) is -0.568. The van der Waals surface area contributed by atoms with E-state index in [-0.39, 0.29) is 24.5 Å². The van der Waals surface area contributed by atoms with Crippen LogP contribution in [-0.2, 0) is 24.2 Å². The summed E-state index contributed by atoms with van der Waals surface area (Å²) in [7, 11) is -3.07. The van der Waals surface area contributed by atoms with Crippen LogP contribution in [0.4, 0.5) is 0 Å². The van der Waals surface area contributed by atoms with Gasteiger partial charge in [0, 0.05) is 6.04 Å². The van der Waals surface area contributed by atoms with Crippen molar-refractivity contribution in [2.24, 2.45) is 0 Å². The highest BCUT2D eigenvalue weighted by Crippen LogP contribution is 2.12. The Morgan fingerprint density at radius 2 is 2.00 bits per heavy atom. The molecule has 0 bridgehead atoms. The third-order valence-corrected chi connectivity index (χ3v) is 5.34. The van der Waals surface area contributed by atoms with Crippen LogP contribution < -0.4 is 10.1 Å². The Balaban J connectivity index is 1.68. The average molecular weight is 355 g/mol. The van der Waals surface area contributed by atoms with Gasteiger partial charge in [0.25, 0.3) is 5.91 Å². The summed E-state index contributed by atoms with van der Waals surface area (Å²) in [5.41, 5.74) is 0. The molecule has 8 heteroatoms. The first-order chi connectivity index (χ1) is 11.4. The standard InChI is InChI=1S/C16H21NO6S/c1-12(16(19)17-13-8-10-24(20,21)11-13)23-15(18)7-9-22-14-5-3-2-4-6-14/h2-6,12-13H,7-11H2,1H3,(H,17,19)/t12-,13-/m0/s1. The van der Waals surface area contributed by atoms with E-state index in [0.717, 1.165) is 0 Å². The van der Waals surface area contributed by atoms with Crippen LogP contribution in [-0.4, -0.2) is 50.6 Å². The van der Waals surface area contributed by atoms with E-state index in [1.54, 1.807) is 12.1 Å². The summed E-state index contributed by atoms with van der Waals surface area (Å²) in [6, 6.07) is 8.64. The molecule has 132 valence electrons. The Hall–Kier alpha value is -2.09. The van der Waals surface area contributed by atoms with E-state index in [4.69, 9.17) is 9.47 Å². The van der Waals surface area contributed by atoms with Crippen molar-refractivity contribution in [2.75, 3.05) is 18.1 Å². The largest absolute Gasteiger partial charge is 0.493 e. The van der Waals surface area contributed by atoms with Crippen molar-refractivity contribution >= 4 is 21.7 Å². The van der Waals surface area contributed by atoms with E-state index in [9.17, 15) is 18.0 Å². The third-order valence-electron chi connectivity index (χ3n) is 3.57. The van der Waals surface area contributed by atoms with Crippen LogP contribution in [0.1, 0.15) is 19.8 Å². The van der Waals surface area contributed by atoms with Gasteiger partial charge in [-0.1, -0.05) is 18.2 Å². The van der Waals surface area contributed by atoms with Gasteiger partial charge in [-0.3, -0.25) is 9.59 Å². The fourth-order valence-electron chi connectivity index (χ4n) is 2.31. The van der Waals surface area contributed by atoms with Crippen molar-refractivity contribution in [1.82, 2.24) is 5.32 Å². The van der Waals surface area contributed by atoms with Gasteiger partial charge in [0.15, 0.2) is 15.9 Å². The van der Waals surface area contributed by atoms with Crippen LogP contribution in [0.15, 0.2) is 30.3 Å². The number of benzene rings is 1. The lowest BCUT2D eigenvalue weighted by atomic mass is 10.2. The van der Waals surface area contributed by atoms with E-state index >= 15 is 0 Å². The summed E-state index contributed by atoms with van der Waals surface area (Å²) in [5, 5.41) is 2.59. The zero-order valence-electron chi connectivity index (χ0n) is 13.4. The number of para-hydroxylation sites is 1. The SMILES string of the molecule is C[C@H](OC(=O)CCOc1ccccc1)C(=O)N[C@H]1CCS(=O)(=O)C1. The van der Waals surface area contributed by atoms with Gasteiger partial charge < -0.3 is 14.8 Å². The normalized spacial score (nSPS) is 20.1. The highest BCUT2D eigenvalue weighted by atomic mass is 32.2. The molecule has 1 amide bonds. The van der Waals surface area contributed by atoms with Crippen molar-refractivity contribution in [1.29, 1.82) is 0 Å². The number of carbonyl (C=O) groups excluding carboxylic acids is 2. The molecule has 0 unspecified atom stereocenters. The van der Waals surface area contributed by atoms with Gasteiger partial charge in [0.2, 0.25) is 0 Å². The number of ether oxygens (including phenoxy) is 2. The molecule has 1 aromatic carbocycles. The Kier molecular flexibility index (Phi) is 6.19. The minimum absolute atomic E-state index is 0.0182. The maximum absolute atomic E-state index is 11.9. The molecule has 7 nitrogen and oxygen atoms in total. The second-order valence-corrected chi connectivity index (χ2v) is 7.88. The van der Waals surface area contributed by atoms with Crippen LogP contribution in [0, 0.1) is 0 Å². The fourth-order valence-corrected chi connectivity index (χ4v) is 3.98. The van der Waals surface area contributed by atoms with Crippen LogP contribution in [0.5, 0.6) is 5.75 Å². The van der Waals surface area contributed by atoms with E-state index in [1.807, 2.05) is 18.2 Å². The fraction of sp³-hybridized carbons (Fsp3) is 0.500. The average Bonchev–Trinajstić information content (AvgIpc) is 2.87. The molecule has 1 aliphatic heterocycles. The van der Waals surface area contributed by atoms with Gasteiger partial charge in [-0.05, 0) is 25.5 Å². The van der Waals surface area contributed by atoms with E-state index < -0.39 is 33.9 Å². The van der Waals surface area contributed by atoms with Crippen LogP contribution in [0.3, 0.4) is 0 Å². The van der Waals surface area contributed by atoms with Gasteiger partial charge in [-0.25, -0.2) is 8.42 Å². The molecule has 0 aromatic heterocycles. The Labute approximate surface area is 141 Å². The van der Waals surface area contributed by atoms with Gasteiger partial charge in [-0.2, -0.15) is 0 Å². The zero-order valence-corrected chi connectivity index (χ0v) is 14.3. The molecule has 1 aromatic rings. The predicted molar refractivity (Wildman–Crippen MR) is 87.3 cm³/mol. The topological polar surface area (TPSA) is 98.8 Å². The lowest BCUT2D eigenvalue weighted by Gasteiger charge is -2.16. The minimum Gasteiger partial charge on any atom is -0.493 e. The first-order valence-corrected chi connectivity index (χ1v) is 9.56. The Morgan fingerprint density at radius 1 is 1.29 bits per heavy atom. The molecule has 1 saturated heterocycles. The number of amides is 1. The van der Waals surface area contributed by atoms with Crippen molar-refractivity contribution in [2.45, 2.75) is 31.9 Å². The molecular weight excluding hydrogens is 334 g/mol. The Bertz CT molecular complexity index is 673. The molecule has 2 rings (SSSR count). The first-order valence-electron chi connectivity index (χ1n) is 7.74. The van der Waals surface area contributed by atoms with Crippen molar-refractivity contribution in [3.05, 3.63) is 30.3 Å². The van der Waals surface area contributed by atoms with Crippen LogP contribution in [0.25, 0.3) is 0 Å². The number of sulfone groups is 1. The number of esters is 1. The monoisotopic (exact) mass is 355 g/mol. The molecule has 24 heavy (non-hydrogen) atoms. The Morgan fingerprint density at radius 3 is 2.62 bits per heavy atom. The number of nitrogens with one attached hydrogen (secondary N) is 1. The third kappa shape index (κ3) is 5.84. The van der Waals surface area contributed by atoms with Crippen molar-refractivity contribution in [3.63, 3.8) is 0 Å². The second kappa shape index (κ2) is 8.14. The summed E-state index contributed by atoms with van der Waals surface area (Å²) in [6.45, 7) is 1.60. The molecule has 1 N–H and O–H groups in total. The van der Waals surface area contributed by atoms with Gasteiger partial charge in [0.05, 0.1) is 24.5 Å². The molecular formula is C16H21NO6S. The smallest absolute Gasteiger partial charge is 0.310 e. The maximum atomic E-state index is 11.9. The van der Waals surface area contributed by atoms with Crippen LogP contribution in [0.2, 0.25) is 0 Å². The maximum Gasteiger partial charge on any atom is 0.310 e.